The van der Waals surface area contributed by atoms with E-state index in [0.717, 1.165) is 37.4 Å². The van der Waals surface area contributed by atoms with Gasteiger partial charge < -0.3 is 15.0 Å². The first-order valence-electron chi connectivity index (χ1n) is 6.02. The van der Waals surface area contributed by atoms with Crippen LogP contribution in [0.2, 0.25) is 0 Å². The van der Waals surface area contributed by atoms with Gasteiger partial charge in [0, 0.05) is 18.9 Å². The lowest BCUT2D eigenvalue weighted by atomic mass is 10.3. The molecule has 0 aromatic carbocycles. The van der Waals surface area contributed by atoms with E-state index in [1.165, 1.54) is 5.56 Å². The average Bonchev–Trinajstić information content (AvgIpc) is 2.67. The Hall–Kier alpha value is -1.39. The van der Waals surface area contributed by atoms with Gasteiger partial charge in [-0.15, -0.1) is 0 Å². The van der Waals surface area contributed by atoms with Gasteiger partial charge in [0.05, 0.1) is 5.69 Å². The summed E-state index contributed by atoms with van der Waals surface area (Å²) < 4.78 is 2.08. The fraction of sp³-hybridized carbons (Fsp3) is 0.462. The highest BCUT2D eigenvalue weighted by Gasteiger charge is 2.04. The van der Waals surface area contributed by atoms with Crippen LogP contribution in [0.5, 0.6) is 0 Å². The van der Waals surface area contributed by atoms with Crippen molar-refractivity contribution in [2.45, 2.75) is 19.9 Å². The van der Waals surface area contributed by atoms with Crippen LogP contribution in [0.1, 0.15) is 17.7 Å². The third kappa shape index (κ3) is 3.05. The van der Waals surface area contributed by atoms with Crippen LogP contribution in [0, 0.1) is 6.92 Å². The number of aryl methyl sites for hydroxylation is 1. The fourth-order valence-corrected chi connectivity index (χ4v) is 1.95. The van der Waals surface area contributed by atoms with E-state index in [-0.39, 0.29) is 0 Å². The van der Waals surface area contributed by atoms with Crippen molar-refractivity contribution in [3.8, 4) is 0 Å². The molecule has 2 rings (SSSR count). The Labute approximate surface area is 102 Å². The second-order valence-electron chi connectivity index (χ2n) is 4.58. The van der Waals surface area contributed by atoms with E-state index >= 15 is 0 Å². The standard InChI is InChI=1S/C13H20N4/c1-11-4-5-13-15-12(10-17(13)8-11)9-16(2)7-3-6-14/h4-5,8,10H,3,6-7,9,14H2,1-2H3. The van der Waals surface area contributed by atoms with E-state index in [1.54, 1.807) is 0 Å². The monoisotopic (exact) mass is 232 g/mol. The largest absolute Gasteiger partial charge is 0.330 e. The fourth-order valence-electron chi connectivity index (χ4n) is 1.95. The van der Waals surface area contributed by atoms with Crippen LogP contribution in [0.25, 0.3) is 5.65 Å². The van der Waals surface area contributed by atoms with Gasteiger partial charge in [-0.05, 0) is 45.1 Å². The Morgan fingerprint density at radius 2 is 2.18 bits per heavy atom. The van der Waals surface area contributed by atoms with Crippen molar-refractivity contribution in [3.63, 3.8) is 0 Å². The third-order valence-corrected chi connectivity index (χ3v) is 2.82. The van der Waals surface area contributed by atoms with Crippen molar-refractivity contribution in [3.05, 3.63) is 35.8 Å². The van der Waals surface area contributed by atoms with Gasteiger partial charge in [-0.2, -0.15) is 0 Å². The first-order valence-corrected chi connectivity index (χ1v) is 6.02. The Morgan fingerprint density at radius 3 is 2.94 bits per heavy atom. The summed E-state index contributed by atoms with van der Waals surface area (Å²) in [4.78, 5) is 6.84. The molecule has 2 heterocycles. The maximum atomic E-state index is 5.50. The maximum Gasteiger partial charge on any atom is 0.137 e. The van der Waals surface area contributed by atoms with Crippen LogP contribution >= 0.6 is 0 Å². The van der Waals surface area contributed by atoms with Gasteiger partial charge in [-0.3, -0.25) is 0 Å². The molecule has 92 valence electrons. The lowest BCUT2D eigenvalue weighted by Gasteiger charge is -2.13. The SMILES string of the molecule is Cc1ccc2nc(CN(C)CCCN)cn2c1. The highest BCUT2D eigenvalue weighted by Crippen LogP contribution is 2.08. The molecule has 2 aromatic heterocycles. The normalized spacial score (nSPS) is 11.5. The molecule has 0 saturated carbocycles. The number of rotatable bonds is 5. The smallest absolute Gasteiger partial charge is 0.137 e. The third-order valence-electron chi connectivity index (χ3n) is 2.82. The minimum Gasteiger partial charge on any atom is -0.330 e. The molecule has 0 bridgehead atoms. The topological polar surface area (TPSA) is 46.6 Å². The molecule has 0 aliphatic carbocycles. The molecule has 0 radical (unpaired) electrons. The Morgan fingerprint density at radius 1 is 1.35 bits per heavy atom. The molecule has 0 aliphatic rings. The second kappa shape index (κ2) is 5.29. The molecular weight excluding hydrogens is 212 g/mol. The van der Waals surface area contributed by atoms with Gasteiger partial charge in [-0.25, -0.2) is 4.98 Å². The zero-order chi connectivity index (χ0) is 12.3. The number of aromatic nitrogens is 2. The molecule has 0 unspecified atom stereocenters. The number of imidazole rings is 1. The summed E-state index contributed by atoms with van der Waals surface area (Å²) in [6, 6.07) is 4.14. The lowest BCUT2D eigenvalue weighted by molar-refractivity contribution is 0.321. The molecule has 2 N–H and O–H groups in total. The molecule has 0 atom stereocenters. The Kier molecular flexibility index (Phi) is 3.76. The van der Waals surface area contributed by atoms with Crippen molar-refractivity contribution < 1.29 is 0 Å². The van der Waals surface area contributed by atoms with Crippen LogP contribution in [0.3, 0.4) is 0 Å². The van der Waals surface area contributed by atoms with E-state index in [2.05, 4.69) is 52.8 Å². The number of nitrogens with two attached hydrogens (primary N) is 1. The van der Waals surface area contributed by atoms with Crippen molar-refractivity contribution in [1.82, 2.24) is 14.3 Å². The van der Waals surface area contributed by atoms with Crippen LogP contribution in [0.15, 0.2) is 24.5 Å². The van der Waals surface area contributed by atoms with E-state index in [0.29, 0.717) is 0 Å². The van der Waals surface area contributed by atoms with Gasteiger partial charge in [0.15, 0.2) is 0 Å². The van der Waals surface area contributed by atoms with E-state index in [9.17, 15) is 0 Å². The summed E-state index contributed by atoms with van der Waals surface area (Å²) in [6.07, 6.45) is 5.23. The number of nitrogens with zero attached hydrogens (tertiary/aromatic N) is 3. The predicted octanol–water partition coefficient (Wildman–Crippen LogP) is 1.42. The molecule has 0 saturated heterocycles. The summed E-state index contributed by atoms with van der Waals surface area (Å²) in [6.45, 7) is 4.73. The minimum atomic E-state index is 0.745. The van der Waals surface area contributed by atoms with Crippen molar-refractivity contribution >= 4 is 5.65 Å². The zero-order valence-corrected chi connectivity index (χ0v) is 10.6. The summed E-state index contributed by atoms with van der Waals surface area (Å²) in [5.41, 5.74) is 8.87. The van der Waals surface area contributed by atoms with Gasteiger partial charge in [0.2, 0.25) is 0 Å². The first kappa shape index (κ1) is 12.1. The van der Waals surface area contributed by atoms with E-state index in [4.69, 9.17) is 5.73 Å². The average molecular weight is 232 g/mol. The molecule has 4 nitrogen and oxygen atoms in total. The Bertz CT molecular complexity index is 489. The predicted molar refractivity (Wildman–Crippen MR) is 69.9 cm³/mol. The second-order valence-corrected chi connectivity index (χ2v) is 4.58. The number of fused-ring (bicyclic) bond motifs is 1. The van der Waals surface area contributed by atoms with Crippen molar-refractivity contribution in [2.24, 2.45) is 5.73 Å². The molecule has 2 aromatic rings. The van der Waals surface area contributed by atoms with Crippen LogP contribution < -0.4 is 5.73 Å². The van der Waals surface area contributed by atoms with Crippen LogP contribution in [-0.2, 0) is 6.54 Å². The lowest BCUT2D eigenvalue weighted by Crippen LogP contribution is -2.21. The number of hydrogen-bond donors (Lipinski definition) is 1. The van der Waals surface area contributed by atoms with Gasteiger partial charge >= 0.3 is 0 Å². The quantitative estimate of drug-likeness (QED) is 0.848. The highest BCUT2D eigenvalue weighted by atomic mass is 15.1. The number of pyridine rings is 1. The van der Waals surface area contributed by atoms with E-state index in [1.807, 2.05) is 0 Å². The van der Waals surface area contributed by atoms with Gasteiger partial charge in [0.1, 0.15) is 5.65 Å². The molecule has 17 heavy (non-hydrogen) atoms. The molecule has 0 fully saturated rings. The number of hydrogen-bond acceptors (Lipinski definition) is 3. The zero-order valence-electron chi connectivity index (χ0n) is 10.6. The van der Waals surface area contributed by atoms with Gasteiger partial charge in [-0.1, -0.05) is 6.07 Å². The first-order chi connectivity index (χ1) is 8.19. The van der Waals surface area contributed by atoms with Gasteiger partial charge in [0.25, 0.3) is 0 Å². The Balaban J connectivity index is 2.08. The summed E-state index contributed by atoms with van der Waals surface area (Å²) in [7, 11) is 2.10. The molecule has 0 spiro atoms. The van der Waals surface area contributed by atoms with Crippen molar-refractivity contribution in [2.75, 3.05) is 20.1 Å². The molecule has 0 amide bonds. The minimum absolute atomic E-state index is 0.745. The summed E-state index contributed by atoms with van der Waals surface area (Å²) in [5, 5.41) is 0. The van der Waals surface area contributed by atoms with Crippen LogP contribution in [0.4, 0.5) is 0 Å². The molecule has 4 heteroatoms. The maximum absolute atomic E-state index is 5.50. The molecular formula is C13H20N4. The molecule has 0 aliphatic heterocycles. The summed E-state index contributed by atoms with van der Waals surface area (Å²) >= 11 is 0. The van der Waals surface area contributed by atoms with E-state index < -0.39 is 0 Å². The highest BCUT2D eigenvalue weighted by molar-refractivity contribution is 5.41. The van der Waals surface area contributed by atoms with Crippen LogP contribution in [-0.4, -0.2) is 34.4 Å². The summed E-state index contributed by atoms with van der Waals surface area (Å²) in [5.74, 6) is 0. The van der Waals surface area contributed by atoms with Crippen molar-refractivity contribution in [1.29, 1.82) is 0 Å².